The molecule has 60 heavy (non-hydrogen) atoms. The molecule has 3 heterocycles. The third-order valence-corrected chi connectivity index (χ3v) is 15.5. The van der Waals surface area contributed by atoms with E-state index in [0.29, 0.717) is 0 Å². The van der Waals surface area contributed by atoms with Crippen molar-refractivity contribution in [2.75, 3.05) is 9.80 Å². The molecule has 4 aromatic rings. The van der Waals surface area contributed by atoms with Crippen molar-refractivity contribution in [1.82, 2.24) is 0 Å². The number of anilines is 4. The summed E-state index contributed by atoms with van der Waals surface area (Å²) in [7, 11) is 0. The molecular weight excluding hydrogens is 727 g/mol. The van der Waals surface area contributed by atoms with Crippen LogP contribution < -0.4 is 20.7 Å². The van der Waals surface area contributed by atoms with E-state index in [2.05, 4.69) is 193 Å². The summed E-state index contributed by atoms with van der Waals surface area (Å²) >= 11 is 0. The van der Waals surface area contributed by atoms with Gasteiger partial charge in [-0.2, -0.15) is 0 Å². The Hall–Kier alpha value is -4.18. The Morgan fingerprint density at radius 1 is 0.617 bits per heavy atom. The molecule has 9 rings (SSSR count). The number of hydrogen-bond acceptors (Lipinski definition) is 3. The third kappa shape index (κ3) is 6.43. The first-order valence-corrected chi connectivity index (χ1v) is 23.0. The fraction of sp³-hybridized carbons (Fsp3) is 0.500. The van der Waals surface area contributed by atoms with E-state index in [4.69, 9.17) is 4.74 Å². The fourth-order valence-corrected chi connectivity index (χ4v) is 11.4. The summed E-state index contributed by atoms with van der Waals surface area (Å²) in [6.45, 7) is 39.0. The van der Waals surface area contributed by atoms with Gasteiger partial charge in [0.1, 0.15) is 5.76 Å². The summed E-state index contributed by atoms with van der Waals surface area (Å²) < 4.78 is 7.56. The van der Waals surface area contributed by atoms with Crippen molar-refractivity contribution in [1.29, 1.82) is 0 Å². The van der Waals surface area contributed by atoms with Gasteiger partial charge in [-0.15, -0.1) is 0 Å². The van der Waals surface area contributed by atoms with E-state index in [-0.39, 0.29) is 45.4 Å². The zero-order chi connectivity index (χ0) is 43.3. The molecular formula is C56H71BN2O. The van der Waals surface area contributed by atoms with Crippen LogP contribution in [-0.4, -0.2) is 12.9 Å². The van der Waals surface area contributed by atoms with Crippen LogP contribution in [0.4, 0.5) is 22.7 Å². The molecule has 2 aliphatic carbocycles. The van der Waals surface area contributed by atoms with E-state index in [1.165, 1.54) is 102 Å². The lowest BCUT2D eigenvalue weighted by Crippen LogP contribution is -2.53. The predicted octanol–water partition coefficient (Wildman–Crippen LogP) is 13.6. The summed E-state index contributed by atoms with van der Waals surface area (Å²) in [5, 5.41) is 0. The molecule has 0 fully saturated rings. The monoisotopic (exact) mass is 799 g/mol. The number of allylic oxidation sites excluding steroid dienone is 3. The lowest BCUT2D eigenvalue weighted by molar-refractivity contribution is 0.0618. The van der Waals surface area contributed by atoms with Gasteiger partial charge in [0.2, 0.25) is 6.71 Å². The van der Waals surface area contributed by atoms with Crippen LogP contribution in [0, 0.1) is 24.7 Å². The summed E-state index contributed by atoms with van der Waals surface area (Å²) in [4.78, 5) is 5.27. The normalized spacial score (nSPS) is 21.9. The van der Waals surface area contributed by atoms with Gasteiger partial charge in [-0.3, -0.25) is 0 Å². The van der Waals surface area contributed by atoms with Crippen LogP contribution in [0.1, 0.15) is 162 Å². The highest BCUT2D eigenvalue weighted by Crippen LogP contribution is 2.56. The second-order valence-electron chi connectivity index (χ2n) is 24.1. The molecule has 1 unspecified atom stereocenters. The van der Waals surface area contributed by atoms with Gasteiger partial charge < -0.3 is 14.5 Å². The van der Waals surface area contributed by atoms with Gasteiger partial charge in [0.15, 0.2) is 6.23 Å². The largest absolute Gasteiger partial charge is 0.470 e. The van der Waals surface area contributed by atoms with Crippen LogP contribution in [0.3, 0.4) is 0 Å². The van der Waals surface area contributed by atoms with Gasteiger partial charge in [0.25, 0.3) is 0 Å². The highest BCUT2D eigenvalue weighted by atomic mass is 16.5. The van der Waals surface area contributed by atoms with Crippen molar-refractivity contribution < 1.29 is 4.74 Å². The molecule has 3 aliphatic heterocycles. The van der Waals surface area contributed by atoms with E-state index in [1.54, 1.807) is 0 Å². The van der Waals surface area contributed by atoms with Crippen molar-refractivity contribution in [2.24, 2.45) is 10.8 Å². The van der Waals surface area contributed by atoms with E-state index in [1.807, 2.05) is 0 Å². The van der Waals surface area contributed by atoms with E-state index >= 15 is 0 Å². The van der Waals surface area contributed by atoms with Crippen LogP contribution in [0.15, 0.2) is 89.6 Å². The maximum Gasteiger partial charge on any atom is 0.249 e. The number of benzene rings is 4. The van der Waals surface area contributed by atoms with Crippen molar-refractivity contribution >= 4 is 40.4 Å². The Bertz CT molecular complexity index is 2510. The highest BCUT2D eigenvalue weighted by molar-refractivity contribution is 6.95. The predicted molar refractivity (Wildman–Crippen MR) is 258 cm³/mol. The standard InChI is InChI=1S/C56H71BN2O/c1-34-27-45-49-46(28-34)59(43-22-19-37(29-35(43)2)51(3,4)5)44-31-38(52(6,7)8)18-21-41(44)57(49)42-32-47(60-50-48(42)55(13,14)25-26-56(50,15)16)58(45)33-36-17-20-39-40(30-36)54(11,12)24-23-53(39,9)10/h17-22,27-32,47H,23-26,33H2,1-16H3. The van der Waals surface area contributed by atoms with Crippen LogP contribution in [0.5, 0.6) is 0 Å². The van der Waals surface area contributed by atoms with Crippen LogP contribution in [0.2, 0.25) is 0 Å². The van der Waals surface area contributed by atoms with Crippen LogP contribution in [0.25, 0.3) is 0 Å². The number of rotatable bonds is 3. The van der Waals surface area contributed by atoms with Gasteiger partial charge in [-0.05, 0) is 152 Å². The van der Waals surface area contributed by atoms with E-state index in [0.717, 1.165) is 19.4 Å². The van der Waals surface area contributed by atoms with Gasteiger partial charge in [0.05, 0.1) is 0 Å². The zero-order valence-corrected chi connectivity index (χ0v) is 39.9. The smallest absolute Gasteiger partial charge is 0.249 e. The Morgan fingerprint density at radius 2 is 1.22 bits per heavy atom. The Kier molecular flexibility index (Phi) is 9.04. The molecule has 0 saturated heterocycles. The molecule has 4 heteroatoms. The zero-order valence-electron chi connectivity index (χ0n) is 39.9. The molecule has 314 valence electrons. The second-order valence-corrected chi connectivity index (χ2v) is 24.1. The highest BCUT2D eigenvalue weighted by Gasteiger charge is 2.52. The lowest BCUT2D eigenvalue weighted by Gasteiger charge is -2.48. The minimum atomic E-state index is -0.234. The average molecular weight is 799 g/mol. The lowest BCUT2D eigenvalue weighted by atomic mass is 9.31. The second kappa shape index (κ2) is 13.2. The topological polar surface area (TPSA) is 15.7 Å². The molecule has 0 N–H and O–H groups in total. The summed E-state index contributed by atoms with van der Waals surface area (Å²) in [6.07, 6.45) is 6.99. The third-order valence-electron chi connectivity index (χ3n) is 15.5. The van der Waals surface area contributed by atoms with Crippen molar-refractivity contribution in [3.05, 3.63) is 129 Å². The molecule has 0 aromatic heterocycles. The molecule has 5 aliphatic rings. The van der Waals surface area contributed by atoms with Crippen molar-refractivity contribution in [3.63, 3.8) is 0 Å². The number of aryl methyl sites for hydroxylation is 2. The average Bonchev–Trinajstić information content (AvgIpc) is 3.24. The fourth-order valence-electron chi connectivity index (χ4n) is 11.4. The maximum absolute atomic E-state index is 7.56. The first kappa shape index (κ1) is 41.2. The quantitative estimate of drug-likeness (QED) is 0.192. The first-order chi connectivity index (χ1) is 27.8. The summed E-state index contributed by atoms with van der Waals surface area (Å²) in [5.74, 6) is 1.20. The van der Waals surface area contributed by atoms with Crippen molar-refractivity contribution in [2.45, 2.75) is 171 Å². The van der Waals surface area contributed by atoms with Gasteiger partial charge >= 0.3 is 0 Å². The Balaban J connectivity index is 1.34. The van der Waals surface area contributed by atoms with Crippen LogP contribution in [-0.2, 0) is 32.9 Å². The minimum absolute atomic E-state index is 0.00306. The minimum Gasteiger partial charge on any atom is -0.470 e. The number of fused-ring (bicyclic) bond motifs is 6. The molecule has 1 atom stereocenters. The maximum atomic E-state index is 7.56. The van der Waals surface area contributed by atoms with E-state index < -0.39 is 0 Å². The number of ether oxygens (including phenoxy) is 1. The number of hydrogen-bond donors (Lipinski definition) is 0. The first-order valence-electron chi connectivity index (χ1n) is 23.0. The number of nitrogens with zero attached hydrogens (tertiary/aromatic N) is 2. The summed E-state index contributed by atoms with van der Waals surface area (Å²) in [6, 6.07) is 27.1. The van der Waals surface area contributed by atoms with Crippen LogP contribution >= 0.6 is 0 Å². The van der Waals surface area contributed by atoms with Gasteiger partial charge in [-0.25, -0.2) is 0 Å². The van der Waals surface area contributed by atoms with Gasteiger partial charge in [-0.1, -0.05) is 145 Å². The molecule has 4 aromatic carbocycles. The molecule has 0 saturated carbocycles. The molecule has 2 bridgehead atoms. The van der Waals surface area contributed by atoms with Gasteiger partial charge in [0, 0.05) is 34.7 Å². The molecule has 0 amide bonds. The Labute approximate surface area is 363 Å². The molecule has 0 radical (unpaired) electrons. The SMILES string of the molecule is Cc1cc2c3c(c1)N(Cc1ccc4c(c1)C(C)(C)CCC4(C)C)C1C=C(B3c3ccc(C(C)(C)C)cc3N2c2ccc(C(C)(C)C)cc2C)C2=C(O1)C(C)(C)CCC2(C)C. The van der Waals surface area contributed by atoms with E-state index in [9.17, 15) is 0 Å². The van der Waals surface area contributed by atoms with Crippen molar-refractivity contribution in [3.8, 4) is 0 Å². The summed E-state index contributed by atoms with van der Waals surface area (Å²) in [5.41, 5.74) is 20.8. The Morgan fingerprint density at radius 3 is 1.88 bits per heavy atom. The molecule has 3 nitrogen and oxygen atoms in total. The molecule has 0 spiro atoms.